The minimum atomic E-state index is -3.65. The molecule has 0 fully saturated rings. The van der Waals surface area contributed by atoms with E-state index >= 15 is 0 Å². The first-order valence-corrected chi connectivity index (χ1v) is 26.1. The molecular weight excluding hydrogens is 1060 g/mol. The van der Waals surface area contributed by atoms with Crippen molar-refractivity contribution in [2.45, 2.75) is 102 Å². The Balaban J connectivity index is 0. The zero-order chi connectivity index (χ0) is 56.4. The van der Waals surface area contributed by atoms with Crippen molar-refractivity contribution in [3.63, 3.8) is 0 Å². The monoisotopic (exact) mass is 1120 g/mol. The van der Waals surface area contributed by atoms with Gasteiger partial charge in [-0.15, -0.1) is 0 Å². The third-order valence-corrected chi connectivity index (χ3v) is 12.5. The molecule has 0 aliphatic heterocycles. The molecule has 2 heterocycles. The third kappa shape index (κ3) is 23.5. The number of halogens is 2. The summed E-state index contributed by atoms with van der Waals surface area (Å²) < 4.78 is 77.2. The van der Waals surface area contributed by atoms with Gasteiger partial charge >= 0.3 is 61.6 Å². The van der Waals surface area contributed by atoms with E-state index in [4.69, 9.17) is 20.4 Å². The van der Waals surface area contributed by atoms with Crippen LogP contribution in [0.3, 0.4) is 0 Å². The van der Waals surface area contributed by atoms with Crippen molar-refractivity contribution < 1.29 is 88.5 Å². The standard InChI is InChI=1S/2C22H28FN3O6S.C4H6O4.Ca.2H/c2*1-13(2)20-18(10-9-16(27)11-17(28)12-19(29)30)21(14-5-7-15(23)8-6-14)25-22(24-20)26(3)33(4,31)32;5-3(6)1-2-4(7)8;;;/h2*5-10,13,16-17,27-28H,11-12H2,1-4H3,(H,29,30);1-2H2,(H,5,6)(H,7,8);;;/q;;;+2;2*-1/t2*16-,17-;;;;/m11..../s1. The second-order valence-electron chi connectivity index (χ2n) is 17.2. The fourth-order valence-electron chi connectivity index (χ4n) is 6.30. The van der Waals surface area contributed by atoms with Crippen LogP contribution in [0.5, 0.6) is 0 Å². The number of rotatable bonds is 23. The molecule has 0 saturated carbocycles. The van der Waals surface area contributed by atoms with Crippen molar-refractivity contribution in [2.24, 2.45) is 0 Å². The molecule has 0 unspecified atom stereocenters. The van der Waals surface area contributed by atoms with Crippen LogP contribution >= 0.6 is 0 Å². The van der Waals surface area contributed by atoms with E-state index in [1.165, 1.54) is 86.9 Å². The first kappa shape index (κ1) is 67.4. The van der Waals surface area contributed by atoms with Crippen LogP contribution in [-0.4, -0.2) is 190 Å². The van der Waals surface area contributed by atoms with Gasteiger partial charge in [0.25, 0.3) is 0 Å². The Morgan fingerprint density at radius 2 is 0.853 bits per heavy atom. The van der Waals surface area contributed by atoms with Crippen LogP contribution in [0.1, 0.15) is 103 Å². The van der Waals surface area contributed by atoms with Gasteiger partial charge in [-0.05, 0) is 60.4 Å². The summed E-state index contributed by atoms with van der Waals surface area (Å²) >= 11 is 0. The molecule has 410 valence electrons. The number of nitrogens with zero attached hydrogens (tertiary/aromatic N) is 6. The van der Waals surface area contributed by atoms with Crippen molar-refractivity contribution in [3.05, 3.63) is 94.8 Å². The maximum absolute atomic E-state index is 13.5. The molecule has 4 rings (SSSR count). The summed E-state index contributed by atoms with van der Waals surface area (Å²) in [6.07, 6.45) is 1.13. The van der Waals surface area contributed by atoms with E-state index < -0.39 is 92.8 Å². The summed E-state index contributed by atoms with van der Waals surface area (Å²) in [5.74, 6) is -5.89. The summed E-state index contributed by atoms with van der Waals surface area (Å²) in [5.41, 5.74) is 3.60. The first-order valence-electron chi connectivity index (χ1n) is 22.4. The van der Waals surface area contributed by atoms with Crippen molar-refractivity contribution in [3.8, 4) is 22.5 Å². The summed E-state index contributed by atoms with van der Waals surface area (Å²) in [6.45, 7) is 7.41. The van der Waals surface area contributed by atoms with Crippen LogP contribution in [-0.2, 0) is 39.2 Å². The molecule has 4 atom stereocenters. The Morgan fingerprint density at radius 1 is 0.560 bits per heavy atom. The van der Waals surface area contributed by atoms with Gasteiger partial charge in [0, 0.05) is 49.2 Å². The van der Waals surface area contributed by atoms with E-state index in [0.717, 1.165) is 21.1 Å². The molecule has 75 heavy (non-hydrogen) atoms. The molecule has 0 bridgehead atoms. The molecule has 22 nitrogen and oxygen atoms in total. The predicted octanol–water partition coefficient (Wildman–Crippen LogP) is 4.58. The van der Waals surface area contributed by atoms with Crippen LogP contribution in [0.25, 0.3) is 34.7 Å². The molecule has 0 saturated heterocycles. The normalized spacial score (nSPS) is 13.2. The van der Waals surface area contributed by atoms with Gasteiger partial charge in [-0.1, -0.05) is 52.0 Å². The number of sulfonamides is 2. The molecular formula is C48H64CaF2N6O16S2. The van der Waals surface area contributed by atoms with E-state index in [9.17, 15) is 65.2 Å². The Hall–Kier alpha value is -5.58. The Bertz CT molecular complexity index is 2680. The van der Waals surface area contributed by atoms with Gasteiger partial charge in [0.15, 0.2) is 0 Å². The molecule has 0 radical (unpaired) electrons. The zero-order valence-corrected chi connectivity index (χ0v) is 46.3. The molecule has 2 aromatic heterocycles. The Kier molecular flexibility index (Phi) is 27.7. The number of aromatic nitrogens is 4. The van der Waals surface area contributed by atoms with Crippen molar-refractivity contribution in [1.82, 2.24) is 19.9 Å². The molecule has 8 N–H and O–H groups in total. The topological polar surface area (TPSA) is 356 Å². The molecule has 27 heteroatoms. The molecule has 0 amide bonds. The van der Waals surface area contributed by atoms with E-state index in [2.05, 4.69) is 19.9 Å². The summed E-state index contributed by atoms with van der Waals surface area (Å²) in [5, 5.41) is 73.4. The van der Waals surface area contributed by atoms with Gasteiger partial charge < -0.3 is 43.7 Å². The Morgan fingerprint density at radius 3 is 1.09 bits per heavy atom. The number of anilines is 2. The summed E-state index contributed by atoms with van der Waals surface area (Å²) in [4.78, 5) is 58.4. The minimum Gasteiger partial charge on any atom is -1.00 e. The van der Waals surface area contributed by atoms with Crippen molar-refractivity contribution >= 4 is 106 Å². The van der Waals surface area contributed by atoms with Crippen LogP contribution < -0.4 is 8.61 Å². The van der Waals surface area contributed by atoms with Gasteiger partial charge in [0.2, 0.25) is 31.9 Å². The maximum Gasteiger partial charge on any atom is 2.00 e. The van der Waals surface area contributed by atoms with Crippen LogP contribution in [0.4, 0.5) is 20.7 Å². The summed E-state index contributed by atoms with van der Waals surface area (Å²) in [6, 6.07) is 11.0. The number of aliphatic hydroxyl groups excluding tert-OH is 4. The fourth-order valence-corrected chi connectivity index (χ4v) is 7.06. The third-order valence-electron chi connectivity index (χ3n) is 10.2. The van der Waals surface area contributed by atoms with Gasteiger partial charge in [-0.25, -0.2) is 54.2 Å². The molecule has 4 aromatic rings. The van der Waals surface area contributed by atoms with Crippen LogP contribution in [0, 0.1) is 11.6 Å². The smallest absolute Gasteiger partial charge is 1.00 e. The number of aliphatic carboxylic acids is 4. The van der Waals surface area contributed by atoms with Gasteiger partial charge in [-0.2, -0.15) is 0 Å². The number of aliphatic hydroxyl groups is 4. The number of carboxylic acids is 4. The van der Waals surface area contributed by atoms with E-state index in [0.29, 0.717) is 45.0 Å². The maximum atomic E-state index is 13.5. The van der Waals surface area contributed by atoms with Crippen molar-refractivity contribution in [2.75, 3.05) is 35.2 Å². The summed E-state index contributed by atoms with van der Waals surface area (Å²) in [7, 11) is -4.65. The number of benzene rings is 2. The fraction of sp³-hybridized carbons (Fsp3) is 0.417. The number of carboxylic acid groups (broad SMARTS) is 4. The van der Waals surface area contributed by atoms with E-state index in [1.807, 2.05) is 27.7 Å². The van der Waals surface area contributed by atoms with Gasteiger partial charge in [0.1, 0.15) is 11.6 Å². The number of hydrogen-bond acceptors (Lipinski definition) is 16. The minimum absolute atomic E-state index is 0. The second kappa shape index (κ2) is 30.8. The number of carbonyl (C=O) groups is 4. The average molecular weight is 1120 g/mol. The van der Waals surface area contributed by atoms with E-state index in [1.54, 1.807) is 0 Å². The van der Waals surface area contributed by atoms with Crippen molar-refractivity contribution in [1.29, 1.82) is 0 Å². The first-order chi connectivity index (χ1) is 34.2. The van der Waals surface area contributed by atoms with Gasteiger partial charge in [-0.3, -0.25) is 19.2 Å². The number of hydrogen-bond donors (Lipinski definition) is 8. The average Bonchev–Trinajstić information content (AvgIpc) is 3.28. The molecule has 0 spiro atoms. The van der Waals surface area contributed by atoms with E-state index in [-0.39, 0.29) is 90.0 Å². The van der Waals surface area contributed by atoms with Crippen LogP contribution in [0.15, 0.2) is 60.7 Å². The zero-order valence-electron chi connectivity index (χ0n) is 44.4. The molecule has 2 aromatic carbocycles. The Labute approximate surface area is 466 Å². The van der Waals surface area contributed by atoms with Crippen LogP contribution in [0.2, 0.25) is 0 Å². The second-order valence-corrected chi connectivity index (χ2v) is 21.3. The predicted molar refractivity (Wildman–Crippen MR) is 278 cm³/mol. The SMILES string of the molecule is CC(C)c1nc(N(C)S(C)(=O)=O)nc(-c2ccc(F)cc2)c1C=C[C@@H](O)C[C@@H](O)CC(=O)O.CC(C)c1nc(N(C)S(C)(=O)=O)nc(-c2ccc(F)cc2)c1C=C[C@@H](O)C[C@@H](O)CC(=O)O.O=C(O)CCC(=O)O.[Ca+2].[H-].[H-]. The molecule has 0 aliphatic rings. The molecule has 0 aliphatic carbocycles. The quantitative estimate of drug-likeness (QED) is 0.0471. The van der Waals surface area contributed by atoms with Gasteiger partial charge in [0.05, 0.1) is 85.4 Å². The largest absolute Gasteiger partial charge is 2.00 e.